The molecule has 22 heavy (non-hydrogen) atoms. The Morgan fingerprint density at radius 3 is 2.09 bits per heavy atom. The first-order chi connectivity index (χ1) is 10.3. The van der Waals surface area contributed by atoms with Crippen LogP contribution in [0.4, 0.5) is 17.6 Å². The van der Waals surface area contributed by atoms with Gasteiger partial charge in [0.25, 0.3) is 11.8 Å². The smallest absolute Gasteiger partial charge is 0.274 e. The van der Waals surface area contributed by atoms with Crippen LogP contribution in [0.15, 0.2) is 36.2 Å². The molecule has 0 aliphatic carbocycles. The molecule has 0 radical (unpaired) electrons. The number of imide groups is 1. The van der Waals surface area contributed by atoms with Gasteiger partial charge in [-0.1, -0.05) is 12.1 Å². The first kappa shape index (κ1) is 16.2. The predicted octanol–water partition coefficient (Wildman–Crippen LogP) is 3.87. The first-order valence-electron chi connectivity index (χ1n) is 6.70. The zero-order valence-corrected chi connectivity index (χ0v) is 11.5. The highest BCUT2D eigenvalue weighted by atomic mass is 19.4. The summed E-state index contributed by atoms with van der Waals surface area (Å²) >= 11 is 0. The second-order valence-electron chi connectivity index (χ2n) is 4.85. The van der Waals surface area contributed by atoms with Crippen LogP contribution in [0.1, 0.15) is 40.0 Å². The van der Waals surface area contributed by atoms with Crippen LogP contribution < -0.4 is 0 Å². The summed E-state index contributed by atoms with van der Waals surface area (Å²) in [6.45, 7) is 0.105. The normalized spacial score (nSPS) is 15.5. The van der Waals surface area contributed by atoms with E-state index >= 15 is 0 Å². The van der Waals surface area contributed by atoms with Gasteiger partial charge in [-0.15, -0.1) is 0 Å². The fraction of sp³-hybridized carbons (Fsp3) is 0.333. The van der Waals surface area contributed by atoms with E-state index in [4.69, 9.17) is 0 Å². The number of benzene rings is 1. The minimum absolute atomic E-state index is 0.103. The lowest BCUT2D eigenvalue weighted by Crippen LogP contribution is -2.30. The number of carbonyl (C=O) groups excluding carboxylic acids is 2. The summed E-state index contributed by atoms with van der Waals surface area (Å²) in [5.41, 5.74) is 0.658. The number of halogens is 4. The highest BCUT2D eigenvalue weighted by Crippen LogP contribution is 2.27. The van der Waals surface area contributed by atoms with E-state index in [1.807, 2.05) is 0 Å². The van der Waals surface area contributed by atoms with E-state index in [2.05, 4.69) is 0 Å². The Balaban J connectivity index is 1.85. The number of hydrogen-bond donors (Lipinski definition) is 0. The largest absolute Gasteiger partial charge is 0.442 e. The summed E-state index contributed by atoms with van der Waals surface area (Å²) in [6, 6.07) is 6.41. The zero-order chi connectivity index (χ0) is 16.3. The Kier molecular flexibility index (Phi) is 4.63. The van der Waals surface area contributed by atoms with Gasteiger partial charge in [-0.2, -0.15) is 13.2 Å². The third-order valence-electron chi connectivity index (χ3n) is 3.31. The monoisotopic (exact) mass is 315 g/mol. The summed E-state index contributed by atoms with van der Waals surface area (Å²) in [5, 5.41) is 0. The first-order valence-corrected chi connectivity index (χ1v) is 6.70. The lowest BCUT2D eigenvalue weighted by Gasteiger charge is -2.13. The van der Waals surface area contributed by atoms with Crippen molar-refractivity contribution in [2.24, 2.45) is 0 Å². The van der Waals surface area contributed by atoms with Crippen LogP contribution in [0.2, 0.25) is 0 Å². The molecule has 0 bridgehead atoms. The van der Waals surface area contributed by atoms with Gasteiger partial charge in [0.2, 0.25) is 0 Å². The summed E-state index contributed by atoms with van der Waals surface area (Å²) in [7, 11) is 0. The van der Waals surface area contributed by atoms with Crippen molar-refractivity contribution >= 4 is 11.8 Å². The molecule has 118 valence electrons. The van der Waals surface area contributed by atoms with Gasteiger partial charge < -0.3 is 0 Å². The number of carbonyl (C=O) groups is 2. The van der Waals surface area contributed by atoms with E-state index in [1.165, 1.54) is 0 Å². The number of amides is 2. The van der Waals surface area contributed by atoms with Crippen LogP contribution in [0.3, 0.4) is 0 Å². The SMILES string of the molecule is O=C1c2ccccc2C(=O)N1CCCC/C=C(/F)C(F)(F)F. The van der Waals surface area contributed by atoms with Crippen molar-refractivity contribution < 1.29 is 27.2 Å². The molecular weight excluding hydrogens is 302 g/mol. The number of alkyl halides is 3. The van der Waals surface area contributed by atoms with E-state index < -0.39 is 23.8 Å². The summed E-state index contributed by atoms with van der Waals surface area (Å²) in [5.74, 6) is -2.93. The third kappa shape index (κ3) is 3.35. The van der Waals surface area contributed by atoms with Crippen LogP contribution in [0.5, 0.6) is 0 Å². The summed E-state index contributed by atoms with van der Waals surface area (Å²) in [6.07, 6.45) is -4.02. The summed E-state index contributed by atoms with van der Waals surface area (Å²) < 4.78 is 48.3. The molecule has 2 rings (SSSR count). The Labute approximate surface area is 124 Å². The Hall–Kier alpha value is -2.18. The van der Waals surface area contributed by atoms with Crippen molar-refractivity contribution in [3.8, 4) is 0 Å². The van der Waals surface area contributed by atoms with Gasteiger partial charge in [-0.3, -0.25) is 14.5 Å². The molecule has 0 spiro atoms. The lowest BCUT2D eigenvalue weighted by molar-refractivity contribution is -0.109. The van der Waals surface area contributed by atoms with E-state index in [0.29, 0.717) is 23.6 Å². The van der Waals surface area contributed by atoms with E-state index in [1.54, 1.807) is 24.3 Å². The Bertz CT molecular complexity index is 587. The van der Waals surface area contributed by atoms with Crippen LogP contribution in [0.25, 0.3) is 0 Å². The van der Waals surface area contributed by atoms with E-state index in [-0.39, 0.29) is 19.4 Å². The molecule has 0 aromatic heterocycles. The standard InChI is InChI=1S/C15H13F4NO2/c16-12(15(17,18)19)8-2-1-5-9-20-13(21)10-6-3-4-7-11(10)14(20)22/h3-4,6-8H,1-2,5,9H2/b12-8+. The number of nitrogens with zero attached hydrogens (tertiary/aromatic N) is 1. The van der Waals surface area contributed by atoms with Gasteiger partial charge in [0.15, 0.2) is 5.83 Å². The van der Waals surface area contributed by atoms with Crippen molar-refractivity contribution in [1.82, 2.24) is 4.90 Å². The molecule has 1 aromatic rings. The molecule has 0 N–H and O–H groups in total. The molecule has 0 fully saturated rings. The number of allylic oxidation sites excluding steroid dienone is 2. The topological polar surface area (TPSA) is 37.4 Å². The quantitative estimate of drug-likeness (QED) is 0.470. The molecule has 7 heteroatoms. The molecule has 2 amide bonds. The van der Waals surface area contributed by atoms with Gasteiger partial charge >= 0.3 is 6.18 Å². The maximum atomic E-state index is 12.6. The highest BCUT2D eigenvalue weighted by Gasteiger charge is 2.35. The minimum atomic E-state index is -4.96. The molecule has 0 atom stereocenters. The minimum Gasteiger partial charge on any atom is -0.274 e. The lowest BCUT2D eigenvalue weighted by atomic mass is 10.1. The molecule has 3 nitrogen and oxygen atoms in total. The van der Waals surface area contributed by atoms with Crippen molar-refractivity contribution in [3.05, 3.63) is 47.3 Å². The number of unbranched alkanes of at least 4 members (excludes halogenated alkanes) is 2. The molecule has 0 saturated heterocycles. The van der Waals surface area contributed by atoms with E-state index in [0.717, 1.165) is 4.90 Å². The van der Waals surface area contributed by atoms with Crippen LogP contribution in [-0.4, -0.2) is 29.4 Å². The maximum absolute atomic E-state index is 12.6. The molecule has 1 aliphatic heterocycles. The molecule has 0 saturated carbocycles. The van der Waals surface area contributed by atoms with Gasteiger partial charge in [0.05, 0.1) is 11.1 Å². The zero-order valence-electron chi connectivity index (χ0n) is 11.5. The molecule has 1 aromatic carbocycles. The summed E-state index contributed by atoms with van der Waals surface area (Å²) in [4.78, 5) is 25.1. The molecule has 1 aliphatic rings. The average Bonchev–Trinajstić information content (AvgIpc) is 2.71. The molecule has 1 heterocycles. The van der Waals surface area contributed by atoms with Crippen molar-refractivity contribution in [2.45, 2.75) is 25.4 Å². The fourth-order valence-corrected chi connectivity index (χ4v) is 2.20. The Morgan fingerprint density at radius 1 is 1.05 bits per heavy atom. The molecule has 0 unspecified atom stereocenters. The van der Waals surface area contributed by atoms with Gasteiger partial charge in [-0.25, -0.2) is 4.39 Å². The average molecular weight is 315 g/mol. The third-order valence-corrected chi connectivity index (χ3v) is 3.31. The highest BCUT2D eigenvalue weighted by molar-refractivity contribution is 6.21. The van der Waals surface area contributed by atoms with Crippen molar-refractivity contribution in [3.63, 3.8) is 0 Å². The number of rotatable bonds is 5. The maximum Gasteiger partial charge on any atom is 0.442 e. The fourth-order valence-electron chi connectivity index (χ4n) is 2.20. The van der Waals surface area contributed by atoms with Gasteiger partial charge in [0, 0.05) is 6.54 Å². The van der Waals surface area contributed by atoms with Crippen molar-refractivity contribution in [1.29, 1.82) is 0 Å². The van der Waals surface area contributed by atoms with Crippen LogP contribution in [0, 0.1) is 0 Å². The second-order valence-corrected chi connectivity index (χ2v) is 4.85. The second kappa shape index (κ2) is 6.29. The number of hydrogen-bond acceptors (Lipinski definition) is 2. The number of fused-ring (bicyclic) bond motifs is 1. The van der Waals surface area contributed by atoms with Gasteiger partial charge in [-0.05, 0) is 37.5 Å². The van der Waals surface area contributed by atoms with E-state index in [9.17, 15) is 27.2 Å². The van der Waals surface area contributed by atoms with Gasteiger partial charge in [0.1, 0.15) is 0 Å². The molecular formula is C15H13F4NO2. The Morgan fingerprint density at radius 2 is 1.59 bits per heavy atom. The van der Waals surface area contributed by atoms with Crippen molar-refractivity contribution in [2.75, 3.05) is 6.54 Å². The van der Waals surface area contributed by atoms with Crippen LogP contribution >= 0.6 is 0 Å². The van der Waals surface area contributed by atoms with Crippen LogP contribution in [-0.2, 0) is 0 Å². The predicted molar refractivity (Wildman–Crippen MR) is 70.9 cm³/mol.